The minimum atomic E-state index is -4.98. The molecule has 0 spiro atoms. The number of hydrogen-bond donors (Lipinski definition) is 1. The Labute approximate surface area is 114 Å². The molecule has 0 amide bonds. The first-order chi connectivity index (χ1) is 9.47. The Hall–Kier alpha value is -1.60. The summed E-state index contributed by atoms with van der Waals surface area (Å²) in [6.07, 6.45) is -4.98. The molecule has 0 saturated carbocycles. The van der Waals surface area contributed by atoms with Gasteiger partial charge in [0.15, 0.2) is 0 Å². The molecule has 0 aliphatic carbocycles. The number of ether oxygens (including phenoxy) is 1. The first-order valence-corrected chi connectivity index (χ1v) is 6.27. The van der Waals surface area contributed by atoms with E-state index in [2.05, 4.69) is 15.0 Å². The third-order valence-corrected chi connectivity index (χ3v) is 3.01. The Morgan fingerprint density at radius 3 is 2.55 bits per heavy atom. The molecular weight excluding hydrogens is 273 g/mol. The lowest BCUT2D eigenvalue weighted by atomic mass is 10.2. The zero-order valence-corrected chi connectivity index (χ0v) is 10.7. The molecule has 2 rings (SSSR count). The van der Waals surface area contributed by atoms with Gasteiger partial charge in [0.1, 0.15) is 5.75 Å². The molecule has 1 saturated heterocycles. The van der Waals surface area contributed by atoms with Gasteiger partial charge in [-0.05, 0) is 6.07 Å². The van der Waals surface area contributed by atoms with E-state index in [0.717, 1.165) is 26.2 Å². The van der Waals surface area contributed by atoms with Crippen molar-refractivity contribution in [3.63, 3.8) is 0 Å². The summed E-state index contributed by atoms with van der Waals surface area (Å²) in [6.45, 7) is 3.75. The van der Waals surface area contributed by atoms with Gasteiger partial charge in [-0.15, -0.1) is 0 Å². The van der Waals surface area contributed by atoms with E-state index in [-0.39, 0.29) is 5.75 Å². The Morgan fingerprint density at radius 1 is 1.25 bits per heavy atom. The first kappa shape index (κ1) is 14.8. The highest BCUT2D eigenvalue weighted by Gasteiger charge is 2.41. The molecule has 4 nitrogen and oxygen atoms in total. The number of esters is 1. The van der Waals surface area contributed by atoms with E-state index in [1.54, 1.807) is 18.2 Å². The standard InChI is InChI=1S/C13H15F3N2O2/c14-13(15,16)12(19)20-11-4-2-1-3-10(11)9-18-7-5-17-6-8-18/h1-4,17H,5-9H2. The van der Waals surface area contributed by atoms with Crippen LogP contribution in [0.5, 0.6) is 5.75 Å². The summed E-state index contributed by atoms with van der Waals surface area (Å²) in [7, 11) is 0. The first-order valence-electron chi connectivity index (χ1n) is 6.27. The van der Waals surface area contributed by atoms with Gasteiger partial charge < -0.3 is 10.1 Å². The minimum absolute atomic E-state index is 0.0339. The molecule has 0 atom stereocenters. The Balaban J connectivity index is 2.07. The molecule has 1 aliphatic rings. The molecule has 1 aromatic carbocycles. The molecule has 110 valence electrons. The van der Waals surface area contributed by atoms with Crippen LogP contribution in [0, 0.1) is 0 Å². The normalized spacial score (nSPS) is 16.9. The van der Waals surface area contributed by atoms with Crippen LogP contribution < -0.4 is 10.1 Å². The second-order valence-corrected chi connectivity index (χ2v) is 4.52. The summed E-state index contributed by atoms with van der Waals surface area (Å²) in [4.78, 5) is 13.0. The zero-order valence-electron chi connectivity index (χ0n) is 10.7. The maximum absolute atomic E-state index is 12.2. The summed E-state index contributed by atoms with van der Waals surface area (Å²) in [5.74, 6) is -2.22. The highest BCUT2D eigenvalue weighted by molar-refractivity contribution is 5.78. The summed E-state index contributed by atoms with van der Waals surface area (Å²) < 4.78 is 41.1. The van der Waals surface area contributed by atoms with Gasteiger partial charge in [-0.2, -0.15) is 13.2 Å². The fourth-order valence-corrected chi connectivity index (χ4v) is 2.00. The number of alkyl halides is 3. The number of carbonyl (C=O) groups is 1. The number of carbonyl (C=O) groups excluding carboxylic acids is 1. The third kappa shape index (κ3) is 3.94. The van der Waals surface area contributed by atoms with Crippen molar-refractivity contribution in [2.24, 2.45) is 0 Å². The van der Waals surface area contributed by atoms with E-state index in [0.29, 0.717) is 12.1 Å². The van der Waals surface area contributed by atoms with Crippen LogP contribution in [-0.2, 0) is 11.3 Å². The van der Waals surface area contributed by atoms with Crippen molar-refractivity contribution in [2.45, 2.75) is 12.7 Å². The number of halogens is 3. The van der Waals surface area contributed by atoms with Gasteiger partial charge in [0, 0.05) is 38.3 Å². The Kier molecular flexibility index (Phi) is 4.61. The molecule has 0 aromatic heterocycles. The molecule has 1 aliphatic heterocycles. The average molecular weight is 288 g/mol. The second-order valence-electron chi connectivity index (χ2n) is 4.52. The molecule has 0 bridgehead atoms. The van der Waals surface area contributed by atoms with E-state index in [9.17, 15) is 18.0 Å². The van der Waals surface area contributed by atoms with Crippen LogP contribution in [0.2, 0.25) is 0 Å². The SMILES string of the molecule is O=C(Oc1ccccc1CN1CCNCC1)C(F)(F)F. The summed E-state index contributed by atoms with van der Waals surface area (Å²) in [6, 6.07) is 6.30. The van der Waals surface area contributed by atoms with Crippen molar-refractivity contribution < 1.29 is 22.7 Å². The number of nitrogens with one attached hydrogen (secondary N) is 1. The van der Waals surface area contributed by atoms with Crippen LogP contribution in [-0.4, -0.2) is 43.2 Å². The molecule has 1 aromatic rings. The van der Waals surface area contributed by atoms with Crippen molar-refractivity contribution >= 4 is 5.97 Å². The number of para-hydroxylation sites is 1. The van der Waals surface area contributed by atoms with Crippen molar-refractivity contribution in [3.05, 3.63) is 29.8 Å². The minimum Gasteiger partial charge on any atom is -0.420 e. The topological polar surface area (TPSA) is 41.6 Å². The van der Waals surface area contributed by atoms with Gasteiger partial charge in [-0.1, -0.05) is 18.2 Å². The smallest absolute Gasteiger partial charge is 0.420 e. The number of nitrogens with zero attached hydrogens (tertiary/aromatic N) is 1. The number of rotatable bonds is 3. The van der Waals surface area contributed by atoms with E-state index in [1.165, 1.54) is 6.07 Å². The molecule has 1 fully saturated rings. The van der Waals surface area contributed by atoms with Gasteiger partial charge in [0.25, 0.3) is 0 Å². The lowest BCUT2D eigenvalue weighted by Gasteiger charge is -2.27. The molecule has 20 heavy (non-hydrogen) atoms. The van der Waals surface area contributed by atoms with Crippen LogP contribution >= 0.6 is 0 Å². The number of piperazine rings is 1. The number of hydrogen-bond acceptors (Lipinski definition) is 4. The van der Waals surface area contributed by atoms with Crippen molar-refractivity contribution in [1.82, 2.24) is 10.2 Å². The summed E-state index contributed by atoms with van der Waals surface area (Å²) in [5, 5.41) is 3.19. The van der Waals surface area contributed by atoms with E-state index in [4.69, 9.17) is 0 Å². The van der Waals surface area contributed by atoms with E-state index < -0.39 is 12.1 Å². The predicted molar refractivity (Wildman–Crippen MR) is 66.3 cm³/mol. The van der Waals surface area contributed by atoms with Crippen LogP contribution in [0.3, 0.4) is 0 Å². The third-order valence-electron chi connectivity index (χ3n) is 3.01. The van der Waals surface area contributed by atoms with E-state index in [1.807, 2.05) is 0 Å². The molecule has 0 unspecified atom stereocenters. The lowest BCUT2D eigenvalue weighted by Crippen LogP contribution is -2.43. The predicted octanol–water partition coefficient (Wildman–Crippen LogP) is 1.56. The van der Waals surface area contributed by atoms with Gasteiger partial charge in [0.05, 0.1) is 0 Å². The van der Waals surface area contributed by atoms with Crippen LogP contribution in [0.25, 0.3) is 0 Å². The monoisotopic (exact) mass is 288 g/mol. The Bertz CT molecular complexity index is 471. The lowest BCUT2D eigenvalue weighted by molar-refractivity contribution is -0.189. The van der Waals surface area contributed by atoms with Gasteiger partial charge in [-0.25, -0.2) is 4.79 Å². The van der Waals surface area contributed by atoms with E-state index >= 15 is 0 Å². The quantitative estimate of drug-likeness (QED) is 0.677. The van der Waals surface area contributed by atoms with Crippen LogP contribution in [0.1, 0.15) is 5.56 Å². The largest absolute Gasteiger partial charge is 0.491 e. The summed E-state index contributed by atoms with van der Waals surface area (Å²) in [5.41, 5.74) is 0.576. The van der Waals surface area contributed by atoms with Crippen LogP contribution in [0.4, 0.5) is 13.2 Å². The van der Waals surface area contributed by atoms with Crippen molar-refractivity contribution in [1.29, 1.82) is 0 Å². The molecule has 0 radical (unpaired) electrons. The Morgan fingerprint density at radius 2 is 1.90 bits per heavy atom. The van der Waals surface area contributed by atoms with Gasteiger partial charge >= 0.3 is 12.1 Å². The molecule has 1 heterocycles. The summed E-state index contributed by atoms with van der Waals surface area (Å²) >= 11 is 0. The van der Waals surface area contributed by atoms with Gasteiger partial charge in [0.2, 0.25) is 0 Å². The van der Waals surface area contributed by atoms with Gasteiger partial charge in [-0.3, -0.25) is 4.90 Å². The molecule has 7 heteroatoms. The fourth-order valence-electron chi connectivity index (χ4n) is 2.00. The second kappa shape index (κ2) is 6.23. The number of benzene rings is 1. The van der Waals surface area contributed by atoms with Crippen molar-refractivity contribution in [3.8, 4) is 5.75 Å². The molecule has 1 N–H and O–H groups in total. The zero-order chi connectivity index (χ0) is 14.6. The highest BCUT2D eigenvalue weighted by atomic mass is 19.4. The molecular formula is C13H15F3N2O2. The van der Waals surface area contributed by atoms with Crippen molar-refractivity contribution in [2.75, 3.05) is 26.2 Å². The maximum atomic E-state index is 12.2. The van der Waals surface area contributed by atoms with Crippen LogP contribution in [0.15, 0.2) is 24.3 Å². The maximum Gasteiger partial charge on any atom is 0.491 e. The highest BCUT2D eigenvalue weighted by Crippen LogP contribution is 2.24. The average Bonchev–Trinajstić information content (AvgIpc) is 2.41. The fraction of sp³-hybridized carbons (Fsp3) is 0.462.